The first-order chi connectivity index (χ1) is 20.5. The molecule has 2 heterocycles. The lowest BCUT2D eigenvalue weighted by atomic mass is 9.98. The topological polar surface area (TPSA) is 142 Å². The number of nitrogens with one attached hydrogen (secondary N) is 4. The standard InChI is InChI=1S/C31H33F3N6O3/c1-19-12-14-37-28-22(5-2-3-15-43-16-13-25(41)39-19)18-38-29(36)26(28)27(35)20-8-10-24(11-9-20)40-30(42)21-6-4-7-23(17-21)31(32,33)34/h2,4-11,17-19,35,37H,3,12-16H2,1H3,(H2,36,38)(H,39,41)(H,40,42)/b5-2+,35-27?/t19-/m1/s1. The number of anilines is 3. The van der Waals surface area contributed by atoms with Crippen LogP contribution in [0.25, 0.3) is 6.08 Å². The number of ether oxygens (including phenoxy) is 1. The first-order valence-electron chi connectivity index (χ1n) is 13.8. The predicted molar refractivity (Wildman–Crippen MR) is 160 cm³/mol. The van der Waals surface area contributed by atoms with Crippen LogP contribution in [0.2, 0.25) is 0 Å². The molecule has 1 aliphatic rings. The maximum atomic E-state index is 13.1. The molecule has 3 aromatic rings. The van der Waals surface area contributed by atoms with E-state index in [1.165, 1.54) is 12.1 Å². The highest BCUT2D eigenvalue weighted by atomic mass is 19.4. The normalized spacial score (nSPS) is 17.3. The fraction of sp³-hybridized carbons (Fsp3) is 0.290. The predicted octanol–water partition coefficient (Wildman–Crippen LogP) is 5.48. The van der Waals surface area contributed by atoms with Crippen molar-refractivity contribution >= 4 is 40.8 Å². The molecule has 0 unspecified atom stereocenters. The number of nitrogen functional groups attached to an aromatic ring is 1. The van der Waals surface area contributed by atoms with Crippen LogP contribution in [-0.4, -0.2) is 48.3 Å². The molecule has 2 aromatic carbocycles. The number of carbonyl (C=O) groups excluding carboxylic acids is 2. The smallest absolute Gasteiger partial charge is 0.384 e. The van der Waals surface area contributed by atoms with E-state index in [1.807, 2.05) is 19.1 Å². The number of alkyl halides is 3. The summed E-state index contributed by atoms with van der Waals surface area (Å²) in [6.45, 7) is 3.19. The summed E-state index contributed by atoms with van der Waals surface area (Å²) < 4.78 is 44.7. The van der Waals surface area contributed by atoms with Crippen molar-refractivity contribution in [3.8, 4) is 0 Å². The van der Waals surface area contributed by atoms with Crippen LogP contribution in [0.15, 0.2) is 60.8 Å². The lowest BCUT2D eigenvalue weighted by Crippen LogP contribution is -2.34. The number of carbonyl (C=O) groups is 2. The van der Waals surface area contributed by atoms with Crippen LogP contribution in [-0.2, 0) is 15.7 Å². The van der Waals surface area contributed by atoms with E-state index in [0.29, 0.717) is 55.1 Å². The molecule has 9 nitrogen and oxygen atoms in total. The van der Waals surface area contributed by atoms with Crippen LogP contribution >= 0.6 is 0 Å². The first kappa shape index (κ1) is 31.2. The summed E-state index contributed by atoms with van der Waals surface area (Å²) in [6.07, 6.45) is 2.39. The second-order valence-electron chi connectivity index (χ2n) is 10.1. The monoisotopic (exact) mass is 594 g/mol. The van der Waals surface area contributed by atoms with Gasteiger partial charge in [-0.1, -0.05) is 30.4 Å². The first-order valence-corrected chi connectivity index (χ1v) is 13.8. The fourth-order valence-corrected chi connectivity index (χ4v) is 4.48. The molecule has 43 heavy (non-hydrogen) atoms. The van der Waals surface area contributed by atoms with E-state index < -0.39 is 17.6 Å². The van der Waals surface area contributed by atoms with E-state index in [9.17, 15) is 22.8 Å². The molecule has 0 spiro atoms. The Morgan fingerprint density at radius 2 is 1.91 bits per heavy atom. The highest BCUT2D eigenvalue weighted by molar-refractivity contribution is 6.17. The number of nitrogens with two attached hydrogens (primary N) is 1. The van der Waals surface area contributed by atoms with Gasteiger partial charge < -0.3 is 26.4 Å². The molecule has 0 radical (unpaired) electrons. The molecular formula is C31H33F3N6O3. The minimum Gasteiger partial charge on any atom is -0.384 e. The van der Waals surface area contributed by atoms with Crippen molar-refractivity contribution < 1.29 is 27.5 Å². The van der Waals surface area contributed by atoms with Gasteiger partial charge >= 0.3 is 6.18 Å². The number of hydrogen-bond donors (Lipinski definition) is 5. The Morgan fingerprint density at radius 3 is 2.65 bits per heavy atom. The highest BCUT2D eigenvalue weighted by Gasteiger charge is 2.31. The molecule has 0 saturated heterocycles. The molecule has 4 rings (SSSR count). The zero-order valence-corrected chi connectivity index (χ0v) is 23.6. The van der Waals surface area contributed by atoms with Gasteiger partial charge in [-0.05, 0) is 50.1 Å². The second kappa shape index (κ2) is 14.0. The Kier molecular flexibility index (Phi) is 10.1. The number of benzene rings is 2. The summed E-state index contributed by atoms with van der Waals surface area (Å²) in [7, 11) is 0. The average Bonchev–Trinajstić information content (AvgIpc) is 2.97. The summed E-state index contributed by atoms with van der Waals surface area (Å²) >= 11 is 0. The van der Waals surface area contributed by atoms with Crippen molar-refractivity contribution in [1.82, 2.24) is 10.3 Å². The summed E-state index contributed by atoms with van der Waals surface area (Å²) in [5, 5.41) is 17.9. The Labute approximate surface area is 247 Å². The molecule has 12 heteroatoms. The lowest BCUT2D eigenvalue weighted by Gasteiger charge is -2.19. The third-order valence-corrected chi connectivity index (χ3v) is 6.76. The molecule has 0 fully saturated rings. The van der Waals surface area contributed by atoms with E-state index in [2.05, 4.69) is 20.9 Å². The Morgan fingerprint density at radius 1 is 1.14 bits per heavy atom. The molecule has 2 amide bonds. The summed E-state index contributed by atoms with van der Waals surface area (Å²) in [5.74, 6) is -0.627. The van der Waals surface area contributed by atoms with Gasteiger partial charge in [0, 0.05) is 47.6 Å². The minimum absolute atomic E-state index is 0.0799. The number of amides is 2. The van der Waals surface area contributed by atoms with E-state index >= 15 is 0 Å². The Hall–Kier alpha value is -4.71. The van der Waals surface area contributed by atoms with Gasteiger partial charge in [-0.15, -0.1) is 0 Å². The number of aromatic nitrogens is 1. The average molecular weight is 595 g/mol. The van der Waals surface area contributed by atoms with Gasteiger partial charge in [0.1, 0.15) is 5.82 Å². The van der Waals surface area contributed by atoms with Crippen LogP contribution in [0.4, 0.5) is 30.4 Å². The van der Waals surface area contributed by atoms with Gasteiger partial charge in [0.25, 0.3) is 5.91 Å². The van der Waals surface area contributed by atoms with Crippen molar-refractivity contribution in [3.05, 3.63) is 88.6 Å². The van der Waals surface area contributed by atoms with E-state index in [0.717, 1.165) is 17.7 Å². The number of hydrogen-bond acceptors (Lipinski definition) is 7. The maximum absolute atomic E-state index is 13.1. The number of nitrogens with zero attached hydrogens (tertiary/aromatic N) is 1. The van der Waals surface area contributed by atoms with Crippen LogP contribution in [0.1, 0.15) is 58.8 Å². The third-order valence-electron chi connectivity index (χ3n) is 6.76. The van der Waals surface area contributed by atoms with Crippen molar-refractivity contribution in [2.75, 3.05) is 36.1 Å². The maximum Gasteiger partial charge on any atom is 0.416 e. The SMILES string of the molecule is C[C@@H]1CCNc2c(cnc(N)c2C(=N)c2ccc(NC(=O)c3cccc(C(F)(F)F)c3)cc2)/C=C/CCOCCC(=O)N1. The van der Waals surface area contributed by atoms with E-state index in [1.54, 1.807) is 30.5 Å². The summed E-state index contributed by atoms with van der Waals surface area (Å²) in [6, 6.07) is 10.4. The van der Waals surface area contributed by atoms with Gasteiger partial charge in [-0.25, -0.2) is 4.98 Å². The molecular weight excluding hydrogens is 561 g/mol. The molecule has 1 atom stereocenters. The van der Waals surface area contributed by atoms with E-state index in [-0.39, 0.29) is 35.5 Å². The third kappa shape index (κ3) is 8.41. The Bertz CT molecular complexity index is 1510. The van der Waals surface area contributed by atoms with Gasteiger partial charge in [0.05, 0.1) is 35.7 Å². The molecule has 0 saturated carbocycles. The van der Waals surface area contributed by atoms with Crippen molar-refractivity contribution in [2.24, 2.45) is 0 Å². The second-order valence-corrected chi connectivity index (χ2v) is 10.1. The molecule has 1 aromatic heterocycles. The summed E-state index contributed by atoms with van der Waals surface area (Å²) in [5.41, 5.74) is 7.88. The van der Waals surface area contributed by atoms with Gasteiger partial charge in [0.2, 0.25) is 5.91 Å². The molecule has 1 aliphatic heterocycles. The number of halogens is 3. The molecule has 0 bridgehead atoms. The van der Waals surface area contributed by atoms with Crippen LogP contribution in [0, 0.1) is 5.41 Å². The van der Waals surface area contributed by atoms with Gasteiger partial charge in [0.15, 0.2) is 0 Å². The van der Waals surface area contributed by atoms with Gasteiger partial charge in [-0.2, -0.15) is 13.2 Å². The number of rotatable bonds is 4. The molecule has 0 aliphatic carbocycles. The molecule has 6 N–H and O–H groups in total. The van der Waals surface area contributed by atoms with Crippen molar-refractivity contribution in [3.63, 3.8) is 0 Å². The number of pyridine rings is 1. The summed E-state index contributed by atoms with van der Waals surface area (Å²) in [4.78, 5) is 29.1. The van der Waals surface area contributed by atoms with Crippen LogP contribution in [0.3, 0.4) is 0 Å². The largest absolute Gasteiger partial charge is 0.416 e. The zero-order chi connectivity index (χ0) is 31.0. The fourth-order valence-electron chi connectivity index (χ4n) is 4.48. The van der Waals surface area contributed by atoms with E-state index in [4.69, 9.17) is 15.9 Å². The highest BCUT2D eigenvalue weighted by Crippen LogP contribution is 2.31. The van der Waals surface area contributed by atoms with Crippen LogP contribution in [0.5, 0.6) is 0 Å². The number of fused-ring (bicyclic) bond motifs is 1. The van der Waals surface area contributed by atoms with Crippen molar-refractivity contribution in [1.29, 1.82) is 5.41 Å². The lowest BCUT2D eigenvalue weighted by molar-refractivity contribution is -0.137. The van der Waals surface area contributed by atoms with Crippen molar-refractivity contribution in [2.45, 2.75) is 38.4 Å². The quantitative estimate of drug-likeness (QED) is 0.253. The Balaban J connectivity index is 1.56. The van der Waals surface area contributed by atoms with Crippen LogP contribution < -0.4 is 21.7 Å². The molecule has 226 valence electrons. The minimum atomic E-state index is -4.56. The zero-order valence-electron chi connectivity index (χ0n) is 23.6. The van der Waals surface area contributed by atoms with Gasteiger partial charge in [-0.3, -0.25) is 15.0 Å².